The molecule has 0 amide bonds. The van der Waals surface area contributed by atoms with E-state index in [1.165, 1.54) is 30.5 Å². The molecule has 1 aromatic carbocycles. The number of rotatable bonds is 5. The van der Waals surface area contributed by atoms with Gasteiger partial charge in [-0.05, 0) is 36.8 Å². The van der Waals surface area contributed by atoms with Gasteiger partial charge in [-0.25, -0.2) is 0 Å². The molecule has 0 radical (unpaired) electrons. The molecule has 2 rings (SSSR count). The minimum atomic E-state index is 0.679. The highest BCUT2D eigenvalue weighted by Gasteiger charge is 2.13. The van der Waals surface area contributed by atoms with Crippen LogP contribution in [0.15, 0.2) is 24.3 Å². The molecule has 0 bridgehead atoms. The molecular formula is C15H23NO. The van der Waals surface area contributed by atoms with Gasteiger partial charge in [-0.15, -0.1) is 0 Å². The molecule has 94 valence electrons. The van der Waals surface area contributed by atoms with Gasteiger partial charge in [0.15, 0.2) is 0 Å². The highest BCUT2D eigenvalue weighted by Crippen LogP contribution is 2.19. The van der Waals surface area contributed by atoms with Crippen molar-refractivity contribution >= 4 is 5.69 Å². The molecule has 1 unspecified atom stereocenters. The summed E-state index contributed by atoms with van der Waals surface area (Å²) in [6.07, 6.45) is 4.86. The van der Waals surface area contributed by atoms with Gasteiger partial charge in [0, 0.05) is 18.8 Å². The highest BCUT2D eigenvalue weighted by molar-refractivity contribution is 5.51. The summed E-state index contributed by atoms with van der Waals surface area (Å²) in [4.78, 5) is 0. The Morgan fingerprint density at radius 1 is 1.35 bits per heavy atom. The maximum Gasteiger partial charge on any atom is 0.0511 e. The second-order valence-electron chi connectivity index (χ2n) is 4.87. The van der Waals surface area contributed by atoms with Crippen LogP contribution in [0.4, 0.5) is 5.69 Å². The van der Waals surface area contributed by atoms with Crippen LogP contribution >= 0.6 is 0 Å². The topological polar surface area (TPSA) is 21.3 Å². The summed E-state index contributed by atoms with van der Waals surface area (Å²) in [5, 5.41) is 3.59. The molecule has 1 fully saturated rings. The Morgan fingerprint density at radius 3 is 3.00 bits per heavy atom. The lowest BCUT2D eigenvalue weighted by Gasteiger charge is -2.23. The van der Waals surface area contributed by atoms with Gasteiger partial charge in [-0.3, -0.25) is 0 Å². The van der Waals surface area contributed by atoms with E-state index in [-0.39, 0.29) is 0 Å². The number of ether oxygens (including phenoxy) is 1. The lowest BCUT2D eigenvalue weighted by molar-refractivity contribution is 0.0595. The van der Waals surface area contributed by atoms with Crippen LogP contribution in [0.5, 0.6) is 0 Å². The Labute approximate surface area is 104 Å². The van der Waals surface area contributed by atoms with E-state index in [1.54, 1.807) is 0 Å². The second kappa shape index (κ2) is 6.65. The summed E-state index contributed by atoms with van der Waals surface area (Å²) in [7, 11) is 0. The highest BCUT2D eigenvalue weighted by atomic mass is 16.5. The number of hydrogen-bond donors (Lipinski definition) is 1. The van der Waals surface area contributed by atoms with Gasteiger partial charge >= 0.3 is 0 Å². The minimum Gasteiger partial charge on any atom is -0.384 e. The monoisotopic (exact) mass is 233 g/mol. The van der Waals surface area contributed by atoms with Gasteiger partial charge in [0.2, 0.25) is 0 Å². The summed E-state index contributed by atoms with van der Waals surface area (Å²) in [5.41, 5.74) is 2.74. The molecular weight excluding hydrogens is 210 g/mol. The fraction of sp³-hybridized carbons (Fsp3) is 0.600. The third-order valence-corrected chi connectivity index (χ3v) is 3.37. The van der Waals surface area contributed by atoms with E-state index in [2.05, 4.69) is 36.5 Å². The van der Waals surface area contributed by atoms with E-state index < -0.39 is 0 Å². The molecule has 0 aliphatic carbocycles. The minimum absolute atomic E-state index is 0.679. The van der Waals surface area contributed by atoms with Crippen LogP contribution in [0.25, 0.3) is 0 Å². The zero-order valence-electron chi connectivity index (χ0n) is 10.7. The van der Waals surface area contributed by atoms with Gasteiger partial charge in [0.25, 0.3) is 0 Å². The first-order valence-electron chi connectivity index (χ1n) is 6.79. The van der Waals surface area contributed by atoms with Crippen molar-refractivity contribution in [3.8, 4) is 0 Å². The summed E-state index contributed by atoms with van der Waals surface area (Å²) in [5.74, 6) is 0.679. The van der Waals surface area contributed by atoms with Gasteiger partial charge < -0.3 is 10.1 Å². The Morgan fingerprint density at radius 2 is 2.24 bits per heavy atom. The zero-order chi connectivity index (χ0) is 11.9. The molecule has 1 heterocycles. The molecule has 1 aliphatic rings. The third-order valence-electron chi connectivity index (χ3n) is 3.37. The number of hydrogen-bond acceptors (Lipinski definition) is 2. The fourth-order valence-corrected chi connectivity index (χ4v) is 2.40. The van der Waals surface area contributed by atoms with E-state index in [0.29, 0.717) is 5.92 Å². The SMILES string of the molecule is CCCc1ccccc1NCC1CCCOC1. The van der Waals surface area contributed by atoms with Crippen LogP contribution in [0.1, 0.15) is 31.7 Å². The maximum atomic E-state index is 5.51. The predicted octanol–water partition coefficient (Wildman–Crippen LogP) is 3.48. The number of aryl methyl sites for hydroxylation is 1. The fourth-order valence-electron chi connectivity index (χ4n) is 2.40. The molecule has 0 spiro atoms. The van der Waals surface area contributed by atoms with Crippen molar-refractivity contribution in [3.63, 3.8) is 0 Å². The van der Waals surface area contributed by atoms with Gasteiger partial charge in [0.1, 0.15) is 0 Å². The van der Waals surface area contributed by atoms with Crippen LogP contribution in [0, 0.1) is 5.92 Å². The molecule has 1 saturated heterocycles. The maximum absolute atomic E-state index is 5.51. The zero-order valence-corrected chi connectivity index (χ0v) is 10.7. The summed E-state index contributed by atoms with van der Waals surface area (Å²) in [6.45, 7) is 5.14. The van der Waals surface area contributed by atoms with Crippen molar-refractivity contribution < 1.29 is 4.74 Å². The van der Waals surface area contributed by atoms with E-state index >= 15 is 0 Å². The van der Waals surface area contributed by atoms with Gasteiger partial charge in [-0.2, -0.15) is 0 Å². The summed E-state index contributed by atoms with van der Waals surface area (Å²) < 4.78 is 5.51. The molecule has 1 N–H and O–H groups in total. The van der Waals surface area contributed by atoms with Crippen molar-refractivity contribution in [2.75, 3.05) is 25.1 Å². The van der Waals surface area contributed by atoms with Crippen molar-refractivity contribution in [1.29, 1.82) is 0 Å². The number of nitrogens with one attached hydrogen (secondary N) is 1. The van der Waals surface area contributed by atoms with Crippen molar-refractivity contribution in [2.24, 2.45) is 5.92 Å². The Hall–Kier alpha value is -1.02. The van der Waals surface area contributed by atoms with Crippen LogP contribution < -0.4 is 5.32 Å². The molecule has 2 heteroatoms. The molecule has 0 saturated carbocycles. The number of benzene rings is 1. The second-order valence-corrected chi connectivity index (χ2v) is 4.87. The van der Waals surface area contributed by atoms with Crippen LogP contribution in [-0.4, -0.2) is 19.8 Å². The molecule has 1 aliphatic heterocycles. The van der Waals surface area contributed by atoms with E-state index in [4.69, 9.17) is 4.74 Å². The van der Waals surface area contributed by atoms with Crippen molar-refractivity contribution in [1.82, 2.24) is 0 Å². The smallest absolute Gasteiger partial charge is 0.0511 e. The van der Waals surface area contributed by atoms with E-state index in [0.717, 1.165) is 26.2 Å². The van der Waals surface area contributed by atoms with Crippen LogP contribution in [0.3, 0.4) is 0 Å². The lowest BCUT2D eigenvalue weighted by atomic mass is 10.0. The quantitative estimate of drug-likeness (QED) is 0.840. The molecule has 0 aromatic heterocycles. The molecule has 1 atom stereocenters. The first-order valence-corrected chi connectivity index (χ1v) is 6.79. The molecule has 17 heavy (non-hydrogen) atoms. The van der Waals surface area contributed by atoms with Crippen molar-refractivity contribution in [2.45, 2.75) is 32.6 Å². The Kier molecular flexibility index (Phi) is 4.87. The predicted molar refractivity (Wildman–Crippen MR) is 72.5 cm³/mol. The number of para-hydroxylation sites is 1. The normalized spacial score (nSPS) is 20.2. The Bertz CT molecular complexity index is 331. The van der Waals surface area contributed by atoms with E-state index in [1.807, 2.05) is 0 Å². The molecule has 1 aromatic rings. The number of anilines is 1. The standard InChI is InChI=1S/C15H23NO/c1-2-6-14-8-3-4-9-15(14)16-11-13-7-5-10-17-12-13/h3-4,8-9,13,16H,2,5-7,10-12H2,1H3. The first-order chi connectivity index (χ1) is 8.40. The largest absolute Gasteiger partial charge is 0.384 e. The summed E-state index contributed by atoms with van der Waals surface area (Å²) in [6, 6.07) is 8.65. The lowest BCUT2D eigenvalue weighted by Crippen LogP contribution is -2.24. The van der Waals surface area contributed by atoms with Crippen LogP contribution in [-0.2, 0) is 11.2 Å². The molecule has 2 nitrogen and oxygen atoms in total. The van der Waals surface area contributed by atoms with Gasteiger partial charge in [-0.1, -0.05) is 31.5 Å². The third kappa shape index (κ3) is 3.74. The van der Waals surface area contributed by atoms with Gasteiger partial charge in [0.05, 0.1) is 6.61 Å². The van der Waals surface area contributed by atoms with Crippen molar-refractivity contribution in [3.05, 3.63) is 29.8 Å². The van der Waals surface area contributed by atoms with E-state index in [9.17, 15) is 0 Å². The van der Waals surface area contributed by atoms with Crippen LogP contribution in [0.2, 0.25) is 0 Å². The first kappa shape index (κ1) is 12.4. The average Bonchev–Trinajstić information content (AvgIpc) is 2.39. The Balaban J connectivity index is 1.88. The summed E-state index contributed by atoms with van der Waals surface area (Å²) >= 11 is 0. The average molecular weight is 233 g/mol.